The Morgan fingerprint density at radius 3 is 2.64 bits per heavy atom. The highest BCUT2D eigenvalue weighted by Gasteiger charge is 2.22. The molecule has 0 spiro atoms. The van der Waals surface area contributed by atoms with Crippen molar-refractivity contribution >= 4 is 39.8 Å². The van der Waals surface area contributed by atoms with E-state index in [1.54, 1.807) is 17.7 Å². The average molecular weight is 419 g/mol. The maximum atomic E-state index is 5.50. The smallest absolute Gasteiger partial charge is 0.231 e. The second-order valence-electron chi connectivity index (χ2n) is 7.11. The fraction of sp³-hybridized carbons (Fsp3) is 0.400. The minimum Gasteiger partial charge on any atom is -0.454 e. The van der Waals surface area contributed by atoms with E-state index in [4.69, 9.17) is 9.47 Å². The monoisotopic (exact) mass is 418 g/mol. The Bertz CT molecular complexity index is 1000. The van der Waals surface area contributed by atoms with Crippen LogP contribution in [-0.4, -0.2) is 47.8 Å². The predicted molar refractivity (Wildman–Crippen MR) is 114 cm³/mol. The van der Waals surface area contributed by atoms with Crippen molar-refractivity contribution in [2.75, 3.05) is 37.9 Å². The van der Waals surface area contributed by atoms with Gasteiger partial charge in [0.05, 0.1) is 5.39 Å². The number of benzene rings is 1. The number of hydrogen-bond acceptors (Lipinski definition) is 7. The molecule has 4 heterocycles. The fourth-order valence-electron chi connectivity index (χ4n) is 3.82. The van der Waals surface area contributed by atoms with Crippen LogP contribution in [0.1, 0.15) is 16.0 Å². The zero-order valence-corrected chi connectivity index (χ0v) is 17.6. The van der Waals surface area contributed by atoms with Crippen LogP contribution in [0.25, 0.3) is 10.2 Å². The van der Waals surface area contributed by atoms with E-state index in [9.17, 15) is 0 Å². The molecule has 8 heteroatoms. The third kappa shape index (κ3) is 3.38. The van der Waals surface area contributed by atoms with Gasteiger partial charge >= 0.3 is 0 Å². The number of halogens is 1. The number of piperazine rings is 1. The van der Waals surface area contributed by atoms with Crippen molar-refractivity contribution in [2.45, 2.75) is 20.4 Å². The molecule has 0 atom stereocenters. The van der Waals surface area contributed by atoms with Crippen molar-refractivity contribution in [2.24, 2.45) is 0 Å². The van der Waals surface area contributed by atoms with Crippen LogP contribution in [0.15, 0.2) is 24.5 Å². The maximum Gasteiger partial charge on any atom is 0.231 e. The van der Waals surface area contributed by atoms with Gasteiger partial charge in [-0.15, -0.1) is 23.7 Å². The summed E-state index contributed by atoms with van der Waals surface area (Å²) in [6.07, 6.45) is 1.70. The Morgan fingerprint density at radius 2 is 1.82 bits per heavy atom. The third-order valence-corrected chi connectivity index (χ3v) is 6.58. The normalized spacial score (nSPS) is 16.4. The van der Waals surface area contributed by atoms with Crippen LogP contribution in [0.5, 0.6) is 11.5 Å². The minimum atomic E-state index is 0. The number of hydrogen-bond donors (Lipinski definition) is 0. The van der Waals surface area contributed by atoms with Gasteiger partial charge in [0.25, 0.3) is 0 Å². The molecule has 1 fully saturated rings. The SMILES string of the molecule is Cc1sc2ncnc(N3CCN(Cc4ccc5c(c4)OCO5)CC3)c2c1C.Cl. The average Bonchev–Trinajstić information content (AvgIpc) is 3.26. The number of nitrogens with zero attached hydrogens (tertiary/aromatic N) is 4. The number of aryl methyl sites for hydroxylation is 2. The Morgan fingerprint density at radius 1 is 1.04 bits per heavy atom. The van der Waals surface area contributed by atoms with Crippen LogP contribution in [-0.2, 0) is 6.54 Å². The second-order valence-corrected chi connectivity index (χ2v) is 8.31. The molecule has 0 saturated carbocycles. The molecule has 2 aliphatic heterocycles. The van der Waals surface area contributed by atoms with Gasteiger partial charge in [0, 0.05) is 37.6 Å². The molecule has 2 aliphatic rings. The van der Waals surface area contributed by atoms with Gasteiger partial charge in [-0.2, -0.15) is 0 Å². The van der Waals surface area contributed by atoms with Crippen molar-refractivity contribution in [3.8, 4) is 11.5 Å². The molecule has 2 aromatic heterocycles. The van der Waals surface area contributed by atoms with Gasteiger partial charge in [-0.1, -0.05) is 6.07 Å². The van der Waals surface area contributed by atoms with Crippen LogP contribution in [0.3, 0.4) is 0 Å². The van der Waals surface area contributed by atoms with Crippen molar-refractivity contribution in [3.05, 3.63) is 40.5 Å². The lowest BCUT2D eigenvalue weighted by atomic mass is 10.1. The van der Waals surface area contributed by atoms with Crippen molar-refractivity contribution in [3.63, 3.8) is 0 Å². The fourth-order valence-corrected chi connectivity index (χ4v) is 4.81. The lowest BCUT2D eigenvalue weighted by Gasteiger charge is -2.35. The molecule has 0 amide bonds. The van der Waals surface area contributed by atoms with Crippen LogP contribution in [0, 0.1) is 13.8 Å². The summed E-state index contributed by atoms with van der Waals surface area (Å²) in [6.45, 7) is 9.58. The summed E-state index contributed by atoms with van der Waals surface area (Å²) in [4.78, 5) is 16.4. The number of rotatable bonds is 3. The Kier molecular flexibility index (Phi) is 5.31. The molecule has 3 aromatic rings. The first-order valence-electron chi connectivity index (χ1n) is 9.25. The van der Waals surface area contributed by atoms with E-state index in [0.717, 1.165) is 54.9 Å². The highest BCUT2D eigenvalue weighted by Crippen LogP contribution is 2.35. The molecule has 0 bridgehead atoms. The van der Waals surface area contributed by atoms with Gasteiger partial charge in [0.1, 0.15) is 17.0 Å². The Balaban J connectivity index is 0.00000192. The number of aromatic nitrogens is 2. The molecular formula is C20H23ClN4O2S. The summed E-state index contributed by atoms with van der Waals surface area (Å²) in [5, 5.41) is 1.23. The molecule has 0 radical (unpaired) electrons. The molecule has 148 valence electrons. The van der Waals surface area contributed by atoms with Gasteiger partial charge in [0.15, 0.2) is 11.5 Å². The van der Waals surface area contributed by atoms with E-state index >= 15 is 0 Å². The van der Waals surface area contributed by atoms with Gasteiger partial charge in [-0.05, 0) is 37.1 Å². The molecule has 5 rings (SSSR count). The molecule has 0 unspecified atom stereocenters. The van der Waals surface area contributed by atoms with Crippen molar-refractivity contribution in [1.29, 1.82) is 0 Å². The topological polar surface area (TPSA) is 50.7 Å². The first kappa shape index (κ1) is 19.2. The van der Waals surface area contributed by atoms with E-state index < -0.39 is 0 Å². The van der Waals surface area contributed by atoms with E-state index in [1.807, 2.05) is 6.07 Å². The number of anilines is 1. The van der Waals surface area contributed by atoms with Gasteiger partial charge in [0.2, 0.25) is 6.79 Å². The third-order valence-electron chi connectivity index (χ3n) is 5.46. The molecule has 6 nitrogen and oxygen atoms in total. The number of fused-ring (bicyclic) bond motifs is 2. The van der Waals surface area contributed by atoms with Crippen molar-refractivity contribution < 1.29 is 9.47 Å². The summed E-state index contributed by atoms with van der Waals surface area (Å²) in [5.41, 5.74) is 2.58. The first-order valence-corrected chi connectivity index (χ1v) is 10.1. The molecule has 1 saturated heterocycles. The van der Waals surface area contributed by atoms with Gasteiger partial charge < -0.3 is 14.4 Å². The summed E-state index contributed by atoms with van der Waals surface area (Å²) in [5.74, 6) is 2.79. The predicted octanol–water partition coefficient (Wildman–Crippen LogP) is 3.78. The zero-order valence-electron chi connectivity index (χ0n) is 16.0. The molecule has 1 aromatic carbocycles. The lowest BCUT2D eigenvalue weighted by molar-refractivity contribution is 0.174. The first-order chi connectivity index (χ1) is 13.2. The van der Waals surface area contributed by atoms with Gasteiger partial charge in [-0.3, -0.25) is 4.90 Å². The van der Waals surface area contributed by atoms with Crippen LogP contribution in [0.2, 0.25) is 0 Å². The Hall–Kier alpha value is -2.09. The molecule has 28 heavy (non-hydrogen) atoms. The van der Waals surface area contributed by atoms with Crippen LogP contribution >= 0.6 is 23.7 Å². The molecular weight excluding hydrogens is 396 g/mol. The Labute approximate surface area is 174 Å². The van der Waals surface area contributed by atoms with Gasteiger partial charge in [-0.25, -0.2) is 9.97 Å². The summed E-state index contributed by atoms with van der Waals surface area (Å²) in [6, 6.07) is 6.23. The van der Waals surface area contributed by atoms with E-state index in [1.165, 1.54) is 21.4 Å². The molecule has 0 aliphatic carbocycles. The zero-order chi connectivity index (χ0) is 18.4. The van der Waals surface area contributed by atoms with Crippen molar-refractivity contribution in [1.82, 2.24) is 14.9 Å². The maximum absolute atomic E-state index is 5.50. The lowest BCUT2D eigenvalue weighted by Crippen LogP contribution is -2.46. The summed E-state index contributed by atoms with van der Waals surface area (Å²) >= 11 is 1.76. The highest BCUT2D eigenvalue weighted by molar-refractivity contribution is 7.18. The number of thiophene rings is 1. The number of ether oxygens (including phenoxy) is 2. The van der Waals surface area contributed by atoms with E-state index in [2.05, 4.69) is 45.7 Å². The largest absolute Gasteiger partial charge is 0.454 e. The molecule has 0 N–H and O–H groups in total. The highest BCUT2D eigenvalue weighted by atomic mass is 35.5. The second kappa shape index (κ2) is 7.73. The summed E-state index contributed by atoms with van der Waals surface area (Å²) < 4.78 is 10.9. The van der Waals surface area contributed by atoms with Crippen LogP contribution < -0.4 is 14.4 Å². The summed E-state index contributed by atoms with van der Waals surface area (Å²) in [7, 11) is 0. The quantitative estimate of drug-likeness (QED) is 0.645. The minimum absolute atomic E-state index is 0. The standard InChI is InChI=1S/C20H22N4O2S.ClH/c1-13-14(2)27-20-18(13)19(21-11-22-20)24-7-5-23(6-8-24)10-15-3-4-16-17(9-15)26-12-25-16;/h3-4,9,11H,5-8,10,12H2,1-2H3;1H. The van der Waals surface area contributed by atoms with Crippen LogP contribution in [0.4, 0.5) is 5.82 Å². The van der Waals surface area contributed by atoms with E-state index in [0.29, 0.717) is 6.79 Å². The van der Waals surface area contributed by atoms with E-state index in [-0.39, 0.29) is 12.4 Å².